The molecule has 0 aliphatic rings. The van der Waals surface area contributed by atoms with E-state index in [1.165, 1.54) is 33.3 Å². The molecule has 0 unspecified atom stereocenters. The van der Waals surface area contributed by atoms with E-state index >= 15 is 0 Å². The van der Waals surface area contributed by atoms with Gasteiger partial charge in [-0.3, -0.25) is 4.79 Å². The predicted octanol–water partition coefficient (Wildman–Crippen LogP) is 4.41. The molecule has 1 rings (SSSR count). The molecule has 1 aromatic rings. The molecule has 0 fully saturated rings. The molecule has 0 aliphatic heterocycles. The van der Waals surface area contributed by atoms with Crippen LogP contribution < -0.4 is 5.14 Å². The number of carbonyl (C=O) groups is 1. The van der Waals surface area contributed by atoms with Gasteiger partial charge >= 0.3 is 5.97 Å². The van der Waals surface area contributed by atoms with E-state index < -0.39 is 52.7 Å². The van der Waals surface area contributed by atoms with Crippen LogP contribution in [0, 0.1) is 0 Å². The van der Waals surface area contributed by atoms with Gasteiger partial charge in [-0.25, -0.2) is 13.9 Å². The summed E-state index contributed by atoms with van der Waals surface area (Å²) in [5, 5.41) is 4.53. The molecular formula is C17H28F5NO4S. The van der Waals surface area contributed by atoms with E-state index in [1.807, 2.05) is 0 Å². The third kappa shape index (κ3) is 12.1. The summed E-state index contributed by atoms with van der Waals surface area (Å²) < 4.78 is 79.8. The maximum absolute atomic E-state index is 13.4. The molecule has 5 nitrogen and oxygen atoms in total. The number of hydrogen-bond donors (Lipinski definition) is 1. The van der Waals surface area contributed by atoms with Gasteiger partial charge in [0.15, 0.2) is 0 Å². The fraction of sp³-hybridized carbons (Fsp3) is 0.588. The molecule has 0 saturated carbocycles. The van der Waals surface area contributed by atoms with E-state index in [-0.39, 0.29) is 12.2 Å². The normalized spacial score (nSPS) is 14.3. The van der Waals surface area contributed by atoms with Crippen molar-refractivity contribution >= 4 is 15.6 Å². The van der Waals surface area contributed by atoms with Gasteiger partial charge in [-0.15, -0.1) is 11.7 Å². The number of carbonyl (C=O) groups excluding carboxylic acids is 1. The largest absolute Gasteiger partial charge is 0.466 e. The lowest BCUT2D eigenvalue weighted by atomic mass is 10.1. The van der Waals surface area contributed by atoms with E-state index in [0.717, 1.165) is 0 Å². The first kappa shape index (κ1) is 26.6. The fourth-order valence-corrected chi connectivity index (χ4v) is 3.16. The van der Waals surface area contributed by atoms with Crippen LogP contribution in [0.5, 0.6) is 0 Å². The second kappa shape index (κ2) is 9.86. The average Bonchev–Trinajstić information content (AvgIpc) is 2.59. The Kier molecular flexibility index (Phi) is 9.35. The molecule has 0 amide bonds. The fourth-order valence-electron chi connectivity index (χ4n) is 1.82. The molecule has 28 heavy (non-hydrogen) atoms. The number of halogens is 5. The second-order valence-corrected chi connectivity index (χ2v) is 10.3. The quantitative estimate of drug-likeness (QED) is 0.434. The third-order valence-corrected chi connectivity index (χ3v) is 5.79. The van der Waals surface area contributed by atoms with Gasteiger partial charge in [-0.2, -0.15) is 0 Å². The molecule has 0 aliphatic carbocycles. The van der Waals surface area contributed by atoms with E-state index in [9.17, 15) is 25.2 Å². The van der Waals surface area contributed by atoms with Crippen molar-refractivity contribution in [1.82, 2.24) is 0 Å². The molecular weight excluding hydrogens is 409 g/mol. The van der Waals surface area contributed by atoms with Crippen LogP contribution >= 0.6 is 9.64 Å². The Hall–Kier alpha value is -1.43. The van der Waals surface area contributed by atoms with Gasteiger partial charge in [0.05, 0.1) is 47.4 Å². The summed E-state index contributed by atoms with van der Waals surface area (Å²) in [7, 11) is -4.47. The molecule has 0 bridgehead atoms. The lowest BCUT2D eigenvalue weighted by Gasteiger charge is -2.54. The molecule has 0 atom stereocenters. The van der Waals surface area contributed by atoms with Crippen LogP contribution in [0.2, 0.25) is 0 Å². The molecule has 2 N–H and O–H groups in total. The Morgan fingerprint density at radius 2 is 1.46 bits per heavy atom. The monoisotopic (exact) mass is 437 g/mol. The minimum Gasteiger partial charge on any atom is -0.466 e. The average molecular weight is 437 g/mol. The minimum absolute atomic E-state index is 0.0582. The van der Waals surface area contributed by atoms with E-state index in [4.69, 9.17) is 0 Å². The predicted molar refractivity (Wildman–Crippen MR) is 100 cm³/mol. The molecule has 0 heterocycles. The number of methoxy groups -OCH3 is 2. The van der Waals surface area contributed by atoms with E-state index in [0.29, 0.717) is 0 Å². The summed E-state index contributed by atoms with van der Waals surface area (Å²) in [6, 6.07) is 7.48. The van der Waals surface area contributed by atoms with Crippen molar-refractivity contribution in [2.45, 2.75) is 19.3 Å². The van der Waals surface area contributed by atoms with Crippen molar-refractivity contribution in [3.05, 3.63) is 35.9 Å². The first-order valence-corrected chi connectivity index (χ1v) is 10.8. The van der Waals surface area contributed by atoms with Crippen LogP contribution in [0.25, 0.3) is 0 Å². The van der Waals surface area contributed by atoms with Crippen molar-refractivity contribution in [3.8, 4) is 0 Å². The SMILES string of the molecule is CC(=O)OCCC(F)(F)c1ccccc1.COCCS(N)(F)(F)(F)CCOC. The maximum Gasteiger partial charge on any atom is 0.302 e. The Bertz CT molecular complexity index is 596. The highest BCUT2D eigenvalue weighted by atomic mass is 32.4. The van der Waals surface area contributed by atoms with Gasteiger partial charge in [0.1, 0.15) is 0 Å². The van der Waals surface area contributed by atoms with Crippen LogP contribution in [-0.4, -0.2) is 51.5 Å². The van der Waals surface area contributed by atoms with Gasteiger partial charge in [0.2, 0.25) is 0 Å². The van der Waals surface area contributed by atoms with Crippen molar-refractivity contribution in [1.29, 1.82) is 0 Å². The topological polar surface area (TPSA) is 70.8 Å². The minimum atomic E-state index is -6.89. The van der Waals surface area contributed by atoms with Crippen LogP contribution in [0.1, 0.15) is 18.9 Å². The first-order valence-electron chi connectivity index (χ1n) is 8.26. The van der Waals surface area contributed by atoms with Crippen molar-refractivity contribution < 1.29 is 39.4 Å². The standard InChI is InChI=1S/C11H12F2O2.C6H16F3NO2S/c1-9(14)15-8-7-11(12,13)10-5-3-2-4-6-10;1-11-3-5-13(7,8,9,10)6-4-12-2/h2-6H,7-8H2,1H3;3-6,10H2,1-2H3. The molecule has 0 radical (unpaired) electrons. The molecule has 0 saturated heterocycles. The van der Waals surface area contributed by atoms with Crippen LogP contribution in [0.15, 0.2) is 30.3 Å². The Labute approximate surface area is 161 Å². The van der Waals surface area contributed by atoms with Crippen molar-refractivity contribution in [2.24, 2.45) is 5.14 Å². The number of rotatable bonds is 10. The summed E-state index contributed by atoms with van der Waals surface area (Å²) in [6.45, 7) is 0.133. The molecule has 1 aromatic carbocycles. The van der Waals surface area contributed by atoms with Gasteiger partial charge in [-0.1, -0.05) is 30.3 Å². The van der Waals surface area contributed by atoms with Crippen molar-refractivity contribution in [2.75, 3.05) is 45.5 Å². The van der Waals surface area contributed by atoms with Crippen molar-refractivity contribution in [3.63, 3.8) is 0 Å². The van der Waals surface area contributed by atoms with Gasteiger partial charge in [0, 0.05) is 26.7 Å². The van der Waals surface area contributed by atoms with Crippen LogP contribution in [-0.2, 0) is 24.9 Å². The Morgan fingerprint density at radius 1 is 1.00 bits per heavy atom. The van der Waals surface area contributed by atoms with E-state index in [2.05, 4.69) is 19.3 Å². The number of hydrogen-bond acceptors (Lipinski definition) is 5. The first-order chi connectivity index (χ1) is 12.6. The molecule has 166 valence electrons. The van der Waals surface area contributed by atoms with Crippen LogP contribution in [0.4, 0.5) is 20.4 Å². The number of esters is 1. The third-order valence-electron chi connectivity index (χ3n) is 3.48. The van der Waals surface area contributed by atoms with Crippen LogP contribution in [0.3, 0.4) is 0 Å². The number of alkyl halides is 2. The summed E-state index contributed by atoms with van der Waals surface area (Å²) in [6.07, 6.45) is -0.489. The number of benzene rings is 1. The zero-order valence-corrected chi connectivity index (χ0v) is 17.0. The molecule has 0 spiro atoms. The molecule has 0 aromatic heterocycles. The smallest absolute Gasteiger partial charge is 0.302 e. The van der Waals surface area contributed by atoms with E-state index in [1.54, 1.807) is 18.2 Å². The summed E-state index contributed by atoms with van der Waals surface area (Å²) in [5.41, 5.74) is -0.0582. The van der Waals surface area contributed by atoms with Gasteiger partial charge in [-0.05, 0) is 0 Å². The number of ether oxygens (including phenoxy) is 3. The summed E-state index contributed by atoms with van der Waals surface area (Å²) >= 11 is 0. The highest BCUT2D eigenvalue weighted by molar-refractivity contribution is 8.52. The molecule has 11 heteroatoms. The Balaban J connectivity index is 0.000000528. The number of nitrogens with two attached hydrogens (primary N) is 1. The highest BCUT2D eigenvalue weighted by Gasteiger charge is 2.56. The van der Waals surface area contributed by atoms with Gasteiger partial charge < -0.3 is 14.2 Å². The highest BCUT2D eigenvalue weighted by Crippen LogP contribution is 2.87. The second-order valence-electron chi connectivity index (χ2n) is 6.19. The maximum atomic E-state index is 13.4. The lowest BCUT2D eigenvalue weighted by Crippen LogP contribution is -2.40. The Morgan fingerprint density at radius 3 is 1.86 bits per heavy atom. The lowest BCUT2D eigenvalue weighted by molar-refractivity contribution is -0.143. The summed E-state index contributed by atoms with van der Waals surface area (Å²) in [4.78, 5) is 10.4. The summed E-state index contributed by atoms with van der Waals surface area (Å²) in [5.74, 6) is -5.63. The zero-order valence-electron chi connectivity index (χ0n) is 16.1. The zero-order chi connectivity index (χ0) is 22.0. The van der Waals surface area contributed by atoms with Gasteiger partial charge in [0.25, 0.3) is 5.92 Å².